The molecule has 1 aromatic heterocycles. The van der Waals surface area contributed by atoms with Gasteiger partial charge in [0.25, 0.3) is 0 Å². The first-order chi connectivity index (χ1) is 6.29. The van der Waals surface area contributed by atoms with Crippen LogP contribution in [0.3, 0.4) is 0 Å². The van der Waals surface area contributed by atoms with Crippen molar-refractivity contribution >= 4 is 0 Å². The number of hydrogen-bond acceptors (Lipinski definition) is 2. The highest BCUT2D eigenvalue weighted by Gasteiger charge is 2.06. The standard InChI is InChI=1S/C11H11NO/c1-8-4-3-5-9(2)11(8)10-6-13-7-12-10/h3-7H,1-2H3. The quantitative estimate of drug-likeness (QED) is 0.662. The minimum atomic E-state index is 0.913. The van der Waals surface area contributed by atoms with E-state index in [9.17, 15) is 0 Å². The van der Waals surface area contributed by atoms with Crippen molar-refractivity contribution in [3.8, 4) is 11.3 Å². The third-order valence-electron chi connectivity index (χ3n) is 2.17. The fourth-order valence-electron chi connectivity index (χ4n) is 1.55. The Balaban J connectivity index is 2.64. The van der Waals surface area contributed by atoms with Gasteiger partial charge in [0.15, 0.2) is 6.39 Å². The minimum absolute atomic E-state index is 0.913. The number of aromatic nitrogens is 1. The predicted octanol–water partition coefficient (Wildman–Crippen LogP) is 2.96. The van der Waals surface area contributed by atoms with E-state index in [2.05, 4.69) is 31.0 Å². The molecule has 0 fully saturated rings. The van der Waals surface area contributed by atoms with Crippen molar-refractivity contribution in [1.29, 1.82) is 0 Å². The van der Waals surface area contributed by atoms with Gasteiger partial charge in [0.2, 0.25) is 0 Å². The molecule has 0 aliphatic rings. The van der Waals surface area contributed by atoms with Crippen molar-refractivity contribution in [2.24, 2.45) is 0 Å². The number of rotatable bonds is 1. The van der Waals surface area contributed by atoms with Gasteiger partial charge in [-0.05, 0) is 25.0 Å². The van der Waals surface area contributed by atoms with Crippen molar-refractivity contribution in [1.82, 2.24) is 4.98 Å². The summed E-state index contributed by atoms with van der Waals surface area (Å²) in [6.45, 7) is 4.16. The smallest absolute Gasteiger partial charge is 0.181 e. The number of nitrogens with zero attached hydrogens (tertiary/aromatic N) is 1. The van der Waals surface area contributed by atoms with Crippen molar-refractivity contribution < 1.29 is 4.42 Å². The first-order valence-corrected chi connectivity index (χ1v) is 4.24. The molecule has 13 heavy (non-hydrogen) atoms. The molecule has 0 saturated carbocycles. The second kappa shape index (κ2) is 3.05. The average molecular weight is 173 g/mol. The van der Waals surface area contributed by atoms with E-state index in [-0.39, 0.29) is 0 Å². The Kier molecular flexibility index (Phi) is 1.89. The zero-order valence-corrected chi connectivity index (χ0v) is 7.74. The van der Waals surface area contributed by atoms with E-state index in [0.717, 1.165) is 5.69 Å². The van der Waals surface area contributed by atoms with Gasteiger partial charge in [-0.25, -0.2) is 4.98 Å². The fourth-order valence-corrected chi connectivity index (χ4v) is 1.55. The molecule has 0 aliphatic carbocycles. The zero-order valence-electron chi connectivity index (χ0n) is 7.74. The summed E-state index contributed by atoms with van der Waals surface area (Å²) in [5.74, 6) is 0. The van der Waals surface area contributed by atoms with Crippen LogP contribution in [0.5, 0.6) is 0 Å². The van der Waals surface area contributed by atoms with Crippen molar-refractivity contribution in [2.45, 2.75) is 13.8 Å². The maximum Gasteiger partial charge on any atom is 0.181 e. The summed E-state index contributed by atoms with van der Waals surface area (Å²) >= 11 is 0. The van der Waals surface area contributed by atoms with Gasteiger partial charge in [0, 0.05) is 5.56 Å². The monoisotopic (exact) mass is 173 g/mol. The summed E-state index contributed by atoms with van der Waals surface area (Å²) in [5, 5.41) is 0. The molecule has 0 atom stereocenters. The summed E-state index contributed by atoms with van der Waals surface area (Å²) in [5.41, 5.74) is 4.55. The fraction of sp³-hybridized carbons (Fsp3) is 0.182. The number of benzene rings is 1. The molecule has 0 radical (unpaired) electrons. The molecule has 0 aliphatic heterocycles. The van der Waals surface area contributed by atoms with E-state index in [4.69, 9.17) is 4.42 Å². The molecule has 1 heterocycles. The number of oxazole rings is 1. The summed E-state index contributed by atoms with van der Waals surface area (Å²) < 4.78 is 4.97. The second-order valence-corrected chi connectivity index (χ2v) is 3.14. The van der Waals surface area contributed by atoms with Crippen LogP contribution in [0.25, 0.3) is 11.3 Å². The molecule has 0 unspecified atom stereocenters. The number of aryl methyl sites for hydroxylation is 2. The van der Waals surface area contributed by atoms with Crippen LogP contribution in [0, 0.1) is 13.8 Å². The highest BCUT2D eigenvalue weighted by atomic mass is 16.3. The molecule has 0 amide bonds. The average Bonchev–Trinajstić information content (AvgIpc) is 2.57. The van der Waals surface area contributed by atoms with E-state index < -0.39 is 0 Å². The Morgan fingerprint density at radius 2 is 1.85 bits per heavy atom. The van der Waals surface area contributed by atoms with E-state index in [0.29, 0.717) is 0 Å². The van der Waals surface area contributed by atoms with Gasteiger partial charge in [0.05, 0.1) is 0 Å². The molecule has 66 valence electrons. The van der Waals surface area contributed by atoms with Gasteiger partial charge in [0.1, 0.15) is 12.0 Å². The van der Waals surface area contributed by atoms with Crippen molar-refractivity contribution in [3.63, 3.8) is 0 Å². The van der Waals surface area contributed by atoms with Gasteiger partial charge < -0.3 is 4.42 Å². The van der Waals surface area contributed by atoms with Crippen LogP contribution >= 0.6 is 0 Å². The first kappa shape index (κ1) is 8.05. The lowest BCUT2D eigenvalue weighted by atomic mass is 10.0. The molecule has 1 aromatic carbocycles. The highest BCUT2D eigenvalue weighted by Crippen LogP contribution is 2.24. The molecule has 2 rings (SSSR count). The van der Waals surface area contributed by atoms with Gasteiger partial charge in [-0.15, -0.1) is 0 Å². The third kappa shape index (κ3) is 1.35. The summed E-state index contributed by atoms with van der Waals surface area (Å²) in [4.78, 5) is 4.14. The molecular weight excluding hydrogens is 162 g/mol. The second-order valence-electron chi connectivity index (χ2n) is 3.14. The van der Waals surface area contributed by atoms with E-state index in [1.54, 1.807) is 6.26 Å². The molecule has 2 nitrogen and oxygen atoms in total. The summed E-state index contributed by atoms with van der Waals surface area (Å²) in [6.07, 6.45) is 3.14. The topological polar surface area (TPSA) is 26.0 Å². The lowest BCUT2D eigenvalue weighted by molar-refractivity contribution is 0.558. The van der Waals surface area contributed by atoms with E-state index in [1.165, 1.54) is 23.1 Å². The van der Waals surface area contributed by atoms with Gasteiger partial charge in [-0.3, -0.25) is 0 Å². The minimum Gasteiger partial charge on any atom is -0.451 e. The van der Waals surface area contributed by atoms with Crippen LogP contribution in [-0.4, -0.2) is 4.98 Å². The van der Waals surface area contributed by atoms with E-state index >= 15 is 0 Å². The van der Waals surface area contributed by atoms with Crippen LogP contribution in [0.2, 0.25) is 0 Å². The molecule has 0 spiro atoms. The molecule has 2 aromatic rings. The Morgan fingerprint density at radius 1 is 1.15 bits per heavy atom. The van der Waals surface area contributed by atoms with Gasteiger partial charge in [-0.2, -0.15) is 0 Å². The first-order valence-electron chi connectivity index (χ1n) is 4.24. The van der Waals surface area contributed by atoms with Crippen molar-refractivity contribution in [2.75, 3.05) is 0 Å². The Hall–Kier alpha value is -1.57. The van der Waals surface area contributed by atoms with Crippen LogP contribution in [0.15, 0.2) is 35.3 Å². The zero-order chi connectivity index (χ0) is 9.26. The van der Waals surface area contributed by atoms with Crippen LogP contribution in [-0.2, 0) is 0 Å². The molecule has 0 saturated heterocycles. The van der Waals surface area contributed by atoms with Crippen molar-refractivity contribution in [3.05, 3.63) is 42.0 Å². The largest absolute Gasteiger partial charge is 0.451 e. The Bertz CT molecular complexity index is 384. The molecular formula is C11H11NO. The maximum absolute atomic E-state index is 4.97. The molecule has 0 N–H and O–H groups in total. The van der Waals surface area contributed by atoms with E-state index in [1.807, 2.05) is 6.07 Å². The van der Waals surface area contributed by atoms with Gasteiger partial charge in [-0.1, -0.05) is 18.2 Å². The lowest BCUT2D eigenvalue weighted by Gasteiger charge is -2.04. The molecule has 0 bridgehead atoms. The Labute approximate surface area is 77.2 Å². The van der Waals surface area contributed by atoms with Gasteiger partial charge >= 0.3 is 0 Å². The predicted molar refractivity (Wildman–Crippen MR) is 51.4 cm³/mol. The van der Waals surface area contributed by atoms with Crippen LogP contribution in [0.1, 0.15) is 11.1 Å². The molecule has 2 heteroatoms. The summed E-state index contributed by atoms with van der Waals surface area (Å²) in [7, 11) is 0. The number of hydrogen-bond donors (Lipinski definition) is 0. The Morgan fingerprint density at radius 3 is 2.38 bits per heavy atom. The SMILES string of the molecule is Cc1cccc(C)c1-c1cocn1. The maximum atomic E-state index is 4.97. The lowest BCUT2D eigenvalue weighted by Crippen LogP contribution is -1.86. The van der Waals surface area contributed by atoms with Crippen LogP contribution in [0.4, 0.5) is 0 Å². The normalized spacial score (nSPS) is 10.3. The van der Waals surface area contributed by atoms with Crippen LogP contribution < -0.4 is 0 Å². The summed E-state index contributed by atoms with van der Waals surface area (Å²) in [6, 6.07) is 6.21. The highest BCUT2D eigenvalue weighted by molar-refractivity contribution is 5.66. The third-order valence-corrected chi connectivity index (χ3v) is 2.17.